The van der Waals surface area contributed by atoms with Gasteiger partial charge in [0.25, 0.3) is 5.91 Å². The fourth-order valence-electron chi connectivity index (χ4n) is 2.96. The molecular weight excluding hydrogens is 328 g/mol. The molecule has 2 heterocycles. The predicted octanol–water partition coefficient (Wildman–Crippen LogP) is 2.65. The summed E-state index contributed by atoms with van der Waals surface area (Å²) in [5.41, 5.74) is 1.95. The van der Waals surface area contributed by atoms with Gasteiger partial charge in [0.15, 0.2) is 5.65 Å². The van der Waals surface area contributed by atoms with Gasteiger partial charge in [-0.1, -0.05) is 36.4 Å². The lowest BCUT2D eigenvalue weighted by molar-refractivity contribution is 0.0916. The molecule has 1 atom stereocenters. The van der Waals surface area contributed by atoms with Gasteiger partial charge in [-0.25, -0.2) is 0 Å². The Morgan fingerprint density at radius 1 is 1.12 bits per heavy atom. The van der Waals surface area contributed by atoms with Crippen LogP contribution in [0.2, 0.25) is 0 Å². The van der Waals surface area contributed by atoms with Crippen LogP contribution >= 0.6 is 0 Å². The van der Waals surface area contributed by atoms with Crippen LogP contribution in [0.5, 0.6) is 0 Å². The van der Waals surface area contributed by atoms with Gasteiger partial charge in [-0.2, -0.15) is 0 Å². The van der Waals surface area contributed by atoms with Crippen molar-refractivity contribution in [1.82, 2.24) is 19.9 Å². The van der Waals surface area contributed by atoms with Crippen LogP contribution in [0, 0.1) is 6.92 Å². The van der Waals surface area contributed by atoms with E-state index in [9.17, 15) is 9.90 Å². The topological polar surface area (TPSA) is 79.5 Å². The Balaban J connectivity index is 1.47. The number of aromatic nitrogens is 3. The maximum absolute atomic E-state index is 12.4. The van der Waals surface area contributed by atoms with Crippen LogP contribution in [0.3, 0.4) is 0 Å². The standard InChI is InChI=1S/C20H18N4O2/c1-13-22-23-19-9-8-17(12-24(13)19)20(26)21-11-18(25)16-7-6-14-4-2-3-5-15(14)10-16/h2-10,12,18,25H,11H2,1H3,(H,21,26)/t18-/m1/s1. The van der Waals surface area contributed by atoms with Crippen molar-refractivity contribution in [2.75, 3.05) is 6.54 Å². The molecule has 2 N–H and O–H groups in total. The molecule has 0 fully saturated rings. The quantitative estimate of drug-likeness (QED) is 0.595. The van der Waals surface area contributed by atoms with E-state index >= 15 is 0 Å². The van der Waals surface area contributed by atoms with E-state index < -0.39 is 6.10 Å². The highest BCUT2D eigenvalue weighted by Crippen LogP contribution is 2.20. The van der Waals surface area contributed by atoms with E-state index in [4.69, 9.17) is 0 Å². The van der Waals surface area contributed by atoms with Gasteiger partial charge in [0.2, 0.25) is 0 Å². The minimum Gasteiger partial charge on any atom is -0.387 e. The van der Waals surface area contributed by atoms with Crippen LogP contribution in [0.25, 0.3) is 16.4 Å². The molecule has 0 saturated heterocycles. The molecule has 6 heteroatoms. The molecule has 26 heavy (non-hydrogen) atoms. The lowest BCUT2D eigenvalue weighted by Crippen LogP contribution is -2.28. The normalized spacial score (nSPS) is 12.4. The maximum atomic E-state index is 12.4. The molecule has 1 amide bonds. The summed E-state index contributed by atoms with van der Waals surface area (Å²) in [6, 6.07) is 17.2. The van der Waals surface area contributed by atoms with E-state index in [1.807, 2.05) is 49.4 Å². The van der Waals surface area contributed by atoms with Crippen molar-refractivity contribution in [3.63, 3.8) is 0 Å². The van der Waals surface area contributed by atoms with Gasteiger partial charge >= 0.3 is 0 Å². The zero-order chi connectivity index (χ0) is 18.1. The number of nitrogens with zero attached hydrogens (tertiary/aromatic N) is 3. The molecule has 0 aliphatic carbocycles. The van der Waals surface area contributed by atoms with Gasteiger partial charge in [-0.15, -0.1) is 10.2 Å². The zero-order valence-electron chi connectivity index (χ0n) is 14.3. The summed E-state index contributed by atoms with van der Waals surface area (Å²) in [4.78, 5) is 12.4. The number of amides is 1. The van der Waals surface area contributed by atoms with Crippen molar-refractivity contribution in [3.8, 4) is 0 Å². The van der Waals surface area contributed by atoms with Crippen LogP contribution in [0.1, 0.15) is 27.8 Å². The molecule has 0 unspecified atom stereocenters. The molecular formula is C20H18N4O2. The van der Waals surface area contributed by atoms with Gasteiger partial charge in [0.05, 0.1) is 11.7 Å². The van der Waals surface area contributed by atoms with Gasteiger partial charge in [-0.3, -0.25) is 9.20 Å². The molecule has 130 valence electrons. The zero-order valence-corrected chi connectivity index (χ0v) is 14.3. The summed E-state index contributed by atoms with van der Waals surface area (Å²) in [5.74, 6) is 0.464. The number of hydrogen-bond donors (Lipinski definition) is 2. The first-order valence-electron chi connectivity index (χ1n) is 8.38. The first-order chi connectivity index (χ1) is 12.6. The van der Waals surface area contributed by atoms with Crippen molar-refractivity contribution in [3.05, 3.63) is 77.7 Å². The number of rotatable bonds is 4. The molecule has 0 bridgehead atoms. The highest BCUT2D eigenvalue weighted by atomic mass is 16.3. The molecule has 0 aliphatic rings. The molecule has 2 aromatic carbocycles. The monoisotopic (exact) mass is 346 g/mol. The van der Waals surface area contributed by atoms with E-state index in [0.29, 0.717) is 17.0 Å². The van der Waals surface area contributed by atoms with Crippen LogP contribution < -0.4 is 5.32 Å². The fourth-order valence-corrected chi connectivity index (χ4v) is 2.96. The Morgan fingerprint density at radius 3 is 2.77 bits per heavy atom. The first-order valence-corrected chi connectivity index (χ1v) is 8.38. The number of nitrogens with one attached hydrogen (secondary N) is 1. The lowest BCUT2D eigenvalue weighted by atomic mass is 10.0. The minimum atomic E-state index is -0.774. The fraction of sp³-hybridized carbons (Fsp3) is 0.150. The second-order valence-corrected chi connectivity index (χ2v) is 6.23. The average Bonchev–Trinajstić information content (AvgIpc) is 3.05. The highest BCUT2D eigenvalue weighted by molar-refractivity contribution is 5.94. The summed E-state index contributed by atoms with van der Waals surface area (Å²) in [7, 11) is 0. The smallest absolute Gasteiger partial charge is 0.252 e. The molecule has 4 aromatic rings. The molecule has 2 aromatic heterocycles. The Labute approximate surface area is 150 Å². The van der Waals surface area contributed by atoms with Gasteiger partial charge < -0.3 is 10.4 Å². The second kappa shape index (κ2) is 6.57. The number of carbonyl (C=O) groups is 1. The van der Waals surface area contributed by atoms with Crippen LogP contribution in [0.15, 0.2) is 60.8 Å². The van der Waals surface area contributed by atoms with Crippen molar-refractivity contribution in [2.24, 2.45) is 0 Å². The largest absolute Gasteiger partial charge is 0.387 e. The Hall–Kier alpha value is -3.25. The number of hydrogen-bond acceptors (Lipinski definition) is 4. The van der Waals surface area contributed by atoms with Crippen molar-refractivity contribution in [2.45, 2.75) is 13.0 Å². The maximum Gasteiger partial charge on any atom is 0.252 e. The summed E-state index contributed by atoms with van der Waals surface area (Å²) in [6.45, 7) is 1.96. The van der Waals surface area contributed by atoms with Gasteiger partial charge in [0.1, 0.15) is 5.82 Å². The Morgan fingerprint density at radius 2 is 1.92 bits per heavy atom. The molecule has 0 aliphatic heterocycles. The molecule has 4 rings (SSSR count). The summed E-state index contributed by atoms with van der Waals surface area (Å²) >= 11 is 0. The second-order valence-electron chi connectivity index (χ2n) is 6.23. The van der Waals surface area contributed by atoms with E-state index in [1.54, 1.807) is 22.7 Å². The lowest BCUT2D eigenvalue weighted by Gasteiger charge is -2.13. The number of benzene rings is 2. The minimum absolute atomic E-state index is 0.135. The number of pyridine rings is 1. The van der Waals surface area contributed by atoms with Crippen molar-refractivity contribution in [1.29, 1.82) is 0 Å². The SMILES string of the molecule is Cc1nnc2ccc(C(=O)NC[C@@H](O)c3ccc4ccccc4c3)cn12. The van der Waals surface area contributed by atoms with Crippen molar-refractivity contribution < 1.29 is 9.90 Å². The number of aryl methyl sites for hydroxylation is 1. The van der Waals surface area contributed by atoms with E-state index in [0.717, 1.165) is 16.3 Å². The molecule has 6 nitrogen and oxygen atoms in total. The summed E-state index contributed by atoms with van der Waals surface area (Å²) in [6.07, 6.45) is 0.923. The Bertz CT molecular complexity index is 1100. The molecule has 0 spiro atoms. The predicted molar refractivity (Wildman–Crippen MR) is 99.0 cm³/mol. The van der Waals surface area contributed by atoms with Crippen LogP contribution in [-0.2, 0) is 0 Å². The van der Waals surface area contributed by atoms with Crippen LogP contribution in [0.4, 0.5) is 0 Å². The van der Waals surface area contributed by atoms with E-state index in [1.165, 1.54) is 0 Å². The first kappa shape index (κ1) is 16.2. The molecule has 0 saturated carbocycles. The number of carbonyl (C=O) groups excluding carboxylic acids is 1. The number of fused-ring (bicyclic) bond motifs is 2. The number of aliphatic hydroxyl groups is 1. The number of aliphatic hydroxyl groups excluding tert-OH is 1. The third-order valence-corrected chi connectivity index (χ3v) is 4.45. The summed E-state index contributed by atoms with van der Waals surface area (Å²) in [5, 5.41) is 23.3. The van der Waals surface area contributed by atoms with E-state index in [2.05, 4.69) is 15.5 Å². The molecule has 0 radical (unpaired) electrons. The highest BCUT2D eigenvalue weighted by Gasteiger charge is 2.13. The van der Waals surface area contributed by atoms with Crippen LogP contribution in [-0.4, -0.2) is 32.2 Å². The third kappa shape index (κ3) is 3.02. The third-order valence-electron chi connectivity index (χ3n) is 4.45. The average molecular weight is 346 g/mol. The van der Waals surface area contributed by atoms with Gasteiger partial charge in [0, 0.05) is 12.7 Å². The summed E-state index contributed by atoms with van der Waals surface area (Å²) < 4.78 is 1.76. The van der Waals surface area contributed by atoms with Crippen molar-refractivity contribution >= 4 is 22.3 Å². The van der Waals surface area contributed by atoms with Gasteiger partial charge in [-0.05, 0) is 41.5 Å². The Kier molecular flexibility index (Phi) is 4.10. The van der Waals surface area contributed by atoms with E-state index in [-0.39, 0.29) is 12.5 Å².